The van der Waals surface area contributed by atoms with Crippen molar-refractivity contribution in [2.45, 2.75) is 37.1 Å². The number of nitrogens with two attached hydrogens (primary N) is 1. The molecule has 2 nitrogen and oxygen atoms in total. The maximum absolute atomic E-state index is 6.11. The Bertz CT molecular complexity index is 391. The van der Waals surface area contributed by atoms with Gasteiger partial charge in [0.25, 0.3) is 0 Å². The van der Waals surface area contributed by atoms with Crippen molar-refractivity contribution in [3.63, 3.8) is 0 Å². The van der Waals surface area contributed by atoms with Gasteiger partial charge in [0.15, 0.2) is 0 Å². The van der Waals surface area contributed by atoms with E-state index in [1.165, 1.54) is 24.0 Å². The fourth-order valence-corrected chi connectivity index (χ4v) is 2.67. The molecule has 0 radical (unpaired) electrons. The summed E-state index contributed by atoms with van der Waals surface area (Å²) in [4.78, 5) is 0. The van der Waals surface area contributed by atoms with Crippen molar-refractivity contribution in [3.8, 4) is 0 Å². The van der Waals surface area contributed by atoms with Gasteiger partial charge in [0.05, 0.1) is 13.2 Å². The van der Waals surface area contributed by atoms with Crippen molar-refractivity contribution >= 4 is 0 Å². The van der Waals surface area contributed by atoms with Crippen LogP contribution < -0.4 is 5.73 Å². The second-order valence-corrected chi connectivity index (χ2v) is 5.30. The highest BCUT2D eigenvalue weighted by atomic mass is 16.5. The number of ether oxygens (including phenoxy) is 1. The van der Waals surface area contributed by atoms with Gasteiger partial charge < -0.3 is 10.5 Å². The van der Waals surface area contributed by atoms with Crippen molar-refractivity contribution < 1.29 is 4.74 Å². The average Bonchev–Trinajstić information content (AvgIpc) is 2.95. The third-order valence-corrected chi connectivity index (χ3v) is 4.23. The molecule has 2 aliphatic rings. The normalized spacial score (nSPS) is 24.9. The molecule has 16 heavy (non-hydrogen) atoms. The SMILES string of the molecule is CC(N)C1(c2cccc(C3COC3)c2)CC1. The smallest absolute Gasteiger partial charge is 0.0557 e. The molecule has 86 valence electrons. The Labute approximate surface area is 96.8 Å². The van der Waals surface area contributed by atoms with Gasteiger partial charge in [-0.25, -0.2) is 0 Å². The van der Waals surface area contributed by atoms with Gasteiger partial charge in [-0.15, -0.1) is 0 Å². The van der Waals surface area contributed by atoms with Gasteiger partial charge in [-0.1, -0.05) is 24.3 Å². The third kappa shape index (κ3) is 1.48. The first kappa shape index (κ1) is 10.3. The van der Waals surface area contributed by atoms with Crippen LogP contribution in [-0.2, 0) is 10.2 Å². The van der Waals surface area contributed by atoms with Crippen molar-refractivity contribution in [2.75, 3.05) is 13.2 Å². The van der Waals surface area contributed by atoms with Gasteiger partial charge in [-0.05, 0) is 30.9 Å². The van der Waals surface area contributed by atoms with E-state index >= 15 is 0 Å². The van der Waals surface area contributed by atoms with Crippen LogP contribution in [0.15, 0.2) is 24.3 Å². The monoisotopic (exact) mass is 217 g/mol. The molecule has 1 atom stereocenters. The highest BCUT2D eigenvalue weighted by molar-refractivity contribution is 5.38. The zero-order chi connectivity index (χ0) is 11.2. The highest BCUT2D eigenvalue weighted by Gasteiger charge is 2.47. The standard InChI is InChI=1S/C14H19NO/c1-10(15)14(5-6-14)13-4-2-3-11(7-13)12-8-16-9-12/h2-4,7,10,12H,5-6,8-9,15H2,1H3. The Morgan fingerprint density at radius 1 is 1.38 bits per heavy atom. The Balaban J connectivity index is 1.90. The molecule has 2 N–H and O–H groups in total. The quantitative estimate of drug-likeness (QED) is 0.842. The molecule has 1 aliphatic heterocycles. The van der Waals surface area contributed by atoms with Crippen LogP contribution in [0.25, 0.3) is 0 Å². The van der Waals surface area contributed by atoms with Crippen molar-refractivity contribution in [2.24, 2.45) is 5.73 Å². The number of rotatable bonds is 3. The molecule has 1 saturated carbocycles. The second-order valence-electron chi connectivity index (χ2n) is 5.30. The lowest BCUT2D eigenvalue weighted by Crippen LogP contribution is -2.32. The molecule has 0 aromatic heterocycles. The second kappa shape index (κ2) is 3.57. The maximum atomic E-state index is 6.11. The predicted molar refractivity (Wildman–Crippen MR) is 64.6 cm³/mol. The van der Waals surface area contributed by atoms with E-state index in [9.17, 15) is 0 Å². The van der Waals surface area contributed by atoms with Gasteiger partial charge in [-0.3, -0.25) is 0 Å². The summed E-state index contributed by atoms with van der Waals surface area (Å²) < 4.78 is 5.25. The molecule has 1 unspecified atom stereocenters. The molecular formula is C14H19NO. The Morgan fingerprint density at radius 3 is 2.62 bits per heavy atom. The van der Waals surface area contributed by atoms with E-state index in [1.807, 2.05) is 0 Å². The predicted octanol–water partition coefficient (Wildman–Crippen LogP) is 2.18. The summed E-state index contributed by atoms with van der Waals surface area (Å²) in [5, 5.41) is 0. The third-order valence-electron chi connectivity index (χ3n) is 4.23. The summed E-state index contributed by atoms with van der Waals surface area (Å²) >= 11 is 0. The van der Waals surface area contributed by atoms with E-state index < -0.39 is 0 Å². The van der Waals surface area contributed by atoms with Gasteiger partial charge in [0.1, 0.15) is 0 Å². The van der Waals surface area contributed by atoms with Crippen molar-refractivity contribution in [1.29, 1.82) is 0 Å². The summed E-state index contributed by atoms with van der Waals surface area (Å²) in [6, 6.07) is 9.24. The maximum Gasteiger partial charge on any atom is 0.0557 e. The van der Waals surface area contributed by atoms with E-state index in [0.29, 0.717) is 5.92 Å². The van der Waals surface area contributed by atoms with Gasteiger partial charge in [0, 0.05) is 17.4 Å². The summed E-state index contributed by atoms with van der Waals surface area (Å²) in [5.74, 6) is 0.615. The van der Waals surface area contributed by atoms with Crippen LogP contribution in [-0.4, -0.2) is 19.3 Å². The van der Waals surface area contributed by atoms with E-state index in [2.05, 4.69) is 31.2 Å². The minimum absolute atomic E-state index is 0.264. The molecule has 1 saturated heterocycles. The van der Waals surface area contributed by atoms with Gasteiger partial charge in [0.2, 0.25) is 0 Å². The van der Waals surface area contributed by atoms with Gasteiger partial charge in [-0.2, -0.15) is 0 Å². The minimum Gasteiger partial charge on any atom is -0.380 e. The van der Waals surface area contributed by atoms with Crippen LogP contribution >= 0.6 is 0 Å². The van der Waals surface area contributed by atoms with Crippen LogP contribution in [0.2, 0.25) is 0 Å². The molecule has 1 aliphatic carbocycles. The summed E-state index contributed by atoms with van der Waals surface area (Å²) in [5.41, 5.74) is 9.25. The summed E-state index contributed by atoms with van der Waals surface area (Å²) in [7, 11) is 0. The van der Waals surface area contributed by atoms with Crippen LogP contribution in [0.3, 0.4) is 0 Å². The molecule has 0 spiro atoms. The van der Waals surface area contributed by atoms with Crippen molar-refractivity contribution in [3.05, 3.63) is 35.4 Å². The molecule has 1 heterocycles. The number of benzene rings is 1. The first-order valence-electron chi connectivity index (χ1n) is 6.16. The first-order valence-corrected chi connectivity index (χ1v) is 6.16. The van der Waals surface area contributed by atoms with Crippen LogP contribution in [0.5, 0.6) is 0 Å². The average molecular weight is 217 g/mol. The van der Waals surface area contributed by atoms with Crippen molar-refractivity contribution in [1.82, 2.24) is 0 Å². The molecule has 2 fully saturated rings. The van der Waals surface area contributed by atoms with E-state index in [-0.39, 0.29) is 11.5 Å². The highest BCUT2D eigenvalue weighted by Crippen LogP contribution is 2.50. The first-order chi connectivity index (χ1) is 7.72. The van der Waals surface area contributed by atoms with Crippen LogP contribution in [0.4, 0.5) is 0 Å². The Morgan fingerprint density at radius 2 is 2.12 bits per heavy atom. The molecule has 0 bridgehead atoms. The molecule has 0 amide bonds. The zero-order valence-electron chi connectivity index (χ0n) is 9.78. The van der Waals surface area contributed by atoms with Gasteiger partial charge >= 0.3 is 0 Å². The zero-order valence-corrected chi connectivity index (χ0v) is 9.78. The lowest BCUT2D eigenvalue weighted by Gasteiger charge is -2.28. The number of hydrogen-bond donors (Lipinski definition) is 1. The molecule has 3 rings (SSSR count). The summed E-state index contributed by atoms with van der Waals surface area (Å²) in [6.07, 6.45) is 2.49. The molecule has 1 aromatic carbocycles. The van der Waals surface area contributed by atoms with E-state index in [0.717, 1.165) is 13.2 Å². The largest absolute Gasteiger partial charge is 0.380 e. The van der Waals surface area contributed by atoms with E-state index in [4.69, 9.17) is 10.5 Å². The summed E-state index contributed by atoms with van der Waals surface area (Å²) in [6.45, 7) is 3.90. The Hall–Kier alpha value is -0.860. The minimum atomic E-state index is 0.264. The number of hydrogen-bond acceptors (Lipinski definition) is 2. The Kier molecular flexibility index (Phi) is 2.30. The molecular weight excluding hydrogens is 198 g/mol. The topological polar surface area (TPSA) is 35.2 Å². The fourth-order valence-electron chi connectivity index (χ4n) is 2.67. The lowest BCUT2D eigenvalue weighted by atomic mass is 9.86. The molecule has 2 heteroatoms. The lowest BCUT2D eigenvalue weighted by molar-refractivity contribution is 0.00838. The van der Waals surface area contributed by atoms with E-state index in [1.54, 1.807) is 0 Å². The molecule has 1 aromatic rings. The fraction of sp³-hybridized carbons (Fsp3) is 0.571. The van der Waals surface area contributed by atoms with Crippen LogP contribution in [0.1, 0.15) is 36.8 Å². The van der Waals surface area contributed by atoms with Crippen LogP contribution in [0, 0.1) is 0 Å².